The highest BCUT2D eigenvalue weighted by Crippen LogP contribution is 2.15. The lowest BCUT2D eigenvalue weighted by Crippen LogP contribution is -2.11. The highest BCUT2D eigenvalue weighted by Gasteiger charge is 1.96. The van der Waals surface area contributed by atoms with Crippen LogP contribution in [0.25, 0.3) is 0 Å². The van der Waals surface area contributed by atoms with E-state index < -0.39 is 0 Å². The molecule has 0 spiro atoms. The molecule has 0 aliphatic rings. The third-order valence-electron chi connectivity index (χ3n) is 2.01. The predicted octanol–water partition coefficient (Wildman–Crippen LogP) is 0.367. The molecule has 2 aromatic rings. The van der Waals surface area contributed by atoms with Crippen LogP contribution in [0.1, 0.15) is 0 Å². The van der Waals surface area contributed by atoms with Crippen LogP contribution >= 0.6 is 0 Å². The van der Waals surface area contributed by atoms with Gasteiger partial charge in [-0.25, -0.2) is 4.68 Å². The zero-order chi connectivity index (χ0) is 10.5. The molecule has 3 N–H and O–H groups in total. The average molecular weight is 204 g/mol. The van der Waals surface area contributed by atoms with Crippen LogP contribution in [-0.2, 0) is 6.54 Å². The first-order valence-electron chi connectivity index (χ1n) is 4.65. The topological polar surface area (TPSA) is 81.6 Å². The van der Waals surface area contributed by atoms with Crippen LogP contribution in [0.4, 0.5) is 11.4 Å². The Labute approximate surface area is 87.1 Å². The molecule has 15 heavy (non-hydrogen) atoms. The molecule has 0 atom stereocenters. The lowest BCUT2D eigenvalue weighted by molar-refractivity contribution is 0.608. The van der Waals surface area contributed by atoms with Crippen LogP contribution in [0, 0.1) is 0 Å². The number of anilines is 2. The van der Waals surface area contributed by atoms with E-state index in [-0.39, 0.29) is 0 Å². The molecule has 6 heteroatoms. The van der Waals surface area contributed by atoms with Crippen molar-refractivity contribution < 1.29 is 0 Å². The van der Waals surface area contributed by atoms with Crippen molar-refractivity contribution in [3.05, 3.63) is 30.6 Å². The monoisotopic (exact) mass is 204 g/mol. The lowest BCUT2D eigenvalue weighted by Gasteiger charge is -2.07. The Morgan fingerprint density at radius 3 is 2.93 bits per heavy atom. The number of hydrogen-bond donors (Lipinski definition) is 2. The summed E-state index contributed by atoms with van der Waals surface area (Å²) in [6, 6.07) is 7.64. The third kappa shape index (κ3) is 2.43. The second kappa shape index (κ2) is 4.41. The number of aromatic nitrogens is 4. The zero-order valence-electron chi connectivity index (χ0n) is 8.17. The minimum atomic E-state index is 0.710. The van der Waals surface area contributed by atoms with Crippen LogP contribution in [0.5, 0.6) is 0 Å². The zero-order valence-corrected chi connectivity index (χ0v) is 8.17. The van der Waals surface area contributed by atoms with Crippen molar-refractivity contribution in [3.63, 3.8) is 0 Å². The fourth-order valence-electron chi connectivity index (χ4n) is 1.25. The molecule has 0 saturated carbocycles. The van der Waals surface area contributed by atoms with Gasteiger partial charge in [0.05, 0.1) is 17.9 Å². The highest BCUT2D eigenvalue weighted by molar-refractivity contribution is 5.65. The molecule has 0 aliphatic carbocycles. The normalized spacial score (nSPS) is 10.1. The Morgan fingerprint density at radius 2 is 2.20 bits per heavy atom. The van der Waals surface area contributed by atoms with Crippen LogP contribution in [0.2, 0.25) is 0 Å². The first-order valence-corrected chi connectivity index (χ1v) is 4.65. The maximum absolute atomic E-state index is 5.77. The lowest BCUT2D eigenvalue weighted by atomic mass is 10.3. The Kier molecular flexibility index (Phi) is 2.77. The number of nitrogen functional groups attached to an aromatic ring is 1. The van der Waals surface area contributed by atoms with Gasteiger partial charge in [-0.2, -0.15) is 0 Å². The summed E-state index contributed by atoms with van der Waals surface area (Å²) in [4.78, 5) is 0. The Morgan fingerprint density at radius 1 is 1.33 bits per heavy atom. The van der Waals surface area contributed by atoms with Crippen LogP contribution < -0.4 is 11.1 Å². The quantitative estimate of drug-likeness (QED) is 0.703. The minimum Gasteiger partial charge on any atom is -0.397 e. The molecule has 2 rings (SSSR count). The molecule has 0 unspecified atom stereocenters. The molecule has 78 valence electrons. The maximum atomic E-state index is 5.77. The smallest absolute Gasteiger partial charge is 0.138 e. The van der Waals surface area contributed by atoms with Crippen molar-refractivity contribution in [2.24, 2.45) is 0 Å². The summed E-state index contributed by atoms with van der Waals surface area (Å²) in [5.74, 6) is 0. The first kappa shape index (κ1) is 9.45. The van der Waals surface area contributed by atoms with Gasteiger partial charge in [0.25, 0.3) is 0 Å². The molecule has 0 fully saturated rings. The van der Waals surface area contributed by atoms with Gasteiger partial charge in [-0.15, -0.1) is 5.10 Å². The van der Waals surface area contributed by atoms with Crippen LogP contribution in [-0.4, -0.2) is 26.8 Å². The Bertz CT molecular complexity index is 410. The number of nitrogens with zero attached hydrogens (tertiary/aromatic N) is 4. The summed E-state index contributed by atoms with van der Waals surface area (Å²) in [7, 11) is 0. The molecular weight excluding hydrogens is 192 g/mol. The van der Waals surface area contributed by atoms with Gasteiger partial charge >= 0.3 is 0 Å². The van der Waals surface area contributed by atoms with Gasteiger partial charge in [-0.1, -0.05) is 12.1 Å². The summed E-state index contributed by atoms with van der Waals surface area (Å²) >= 11 is 0. The first-order chi connectivity index (χ1) is 7.36. The molecular formula is C9H12N6. The molecule has 0 bridgehead atoms. The fourth-order valence-corrected chi connectivity index (χ4v) is 1.25. The number of nitrogens with one attached hydrogen (secondary N) is 1. The number of hydrogen-bond acceptors (Lipinski definition) is 5. The van der Waals surface area contributed by atoms with E-state index in [4.69, 9.17) is 5.73 Å². The van der Waals surface area contributed by atoms with Gasteiger partial charge in [0, 0.05) is 6.54 Å². The van der Waals surface area contributed by atoms with Crippen molar-refractivity contribution in [1.29, 1.82) is 0 Å². The minimum absolute atomic E-state index is 0.710. The van der Waals surface area contributed by atoms with E-state index in [0.717, 1.165) is 17.9 Å². The molecule has 0 radical (unpaired) electrons. The summed E-state index contributed by atoms with van der Waals surface area (Å²) in [6.45, 7) is 1.45. The number of tetrazole rings is 1. The summed E-state index contributed by atoms with van der Waals surface area (Å²) in [5, 5.41) is 14.1. The van der Waals surface area contributed by atoms with Crippen LogP contribution in [0.15, 0.2) is 30.6 Å². The van der Waals surface area contributed by atoms with E-state index in [1.807, 2.05) is 24.3 Å². The largest absolute Gasteiger partial charge is 0.397 e. The summed E-state index contributed by atoms with van der Waals surface area (Å²) in [5.41, 5.74) is 7.45. The second-order valence-corrected chi connectivity index (χ2v) is 3.09. The number of benzene rings is 1. The molecule has 1 heterocycles. The molecule has 0 aliphatic heterocycles. The number of nitrogens with two attached hydrogens (primary N) is 1. The summed E-state index contributed by atoms with van der Waals surface area (Å²) < 4.78 is 1.66. The predicted molar refractivity (Wildman–Crippen MR) is 57.2 cm³/mol. The van der Waals surface area contributed by atoms with E-state index in [0.29, 0.717) is 6.54 Å². The van der Waals surface area contributed by atoms with Crippen molar-refractivity contribution in [2.75, 3.05) is 17.6 Å². The van der Waals surface area contributed by atoms with Crippen molar-refractivity contribution >= 4 is 11.4 Å². The van der Waals surface area contributed by atoms with Gasteiger partial charge < -0.3 is 11.1 Å². The fraction of sp³-hybridized carbons (Fsp3) is 0.222. The van der Waals surface area contributed by atoms with Gasteiger partial charge in [0.15, 0.2) is 0 Å². The van der Waals surface area contributed by atoms with Gasteiger partial charge in [-0.05, 0) is 22.6 Å². The SMILES string of the molecule is Nc1ccccc1NCCn1cnnn1. The molecule has 1 aromatic carbocycles. The average Bonchev–Trinajstić information content (AvgIpc) is 2.74. The van der Waals surface area contributed by atoms with Crippen molar-refractivity contribution in [1.82, 2.24) is 20.2 Å². The molecule has 6 nitrogen and oxygen atoms in total. The maximum Gasteiger partial charge on any atom is 0.138 e. The van der Waals surface area contributed by atoms with Crippen molar-refractivity contribution in [3.8, 4) is 0 Å². The standard InChI is InChI=1S/C9H12N6/c10-8-3-1-2-4-9(8)11-5-6-15-7-12-13-14-15/h1-4,7,11H,5-6,10H2. The number of para-hydroxylation sites is 2. The van der Waals surface area contributed by atoms with E-state index in [1.54, 1.807) is 11.0 Å². The Balaban J connectivity index is 1.86. The molecule has 0 amide bonds. The Hall–Kier alpha value is -2.11. The molecule has 0 saturated heterocycles. The van der Waals surface area contributed by atoms with E-state index in [1.165, 1.54) is 0 Å². The number of rotatable bonds is 4. The highest BCUT2D eigenvalue weighted by atomic mass is 15.5. The van der Waals surface area contributed by atoms with Gasteiger partial charge in [-0.3, -0.25) is 0 Å². The third-order valence-corrected chi connectivity index (χ3v) is 2.01. The van der Waals surface area contributed by atoms with Gasteiger partial charge in [0.2, 0.25) is 0 Å². The second-order valence-electron chi connectivity index (χ2n) is 3.09. The molecule has 1 aromatic heterocycles. The van der Waals surface area contributed by atoms with E-state index >= 15 is 0 Å². The van der Waals surface area contributed by atoms with Gasteiger partial charge in [0.1, 0.15) is 6.33 Å². The summed E-state index contributed by atoms with van der Waals surface area (Å²) in [6.07, 6.45) is 1.58. The van der Waals surface area contributed by atoms with Crippen LogP contribution in [0.3, 0.4) is 0 Å². The van der Waals surface area contributed by atoms with Crippen molar-refractivity contribution in [2.45, 2.75) is 6.54 Å². The van der Waals surface area contributed by atoms with E-state index in [2.05, 4.69) is 20.8 Å². The van der Waals surface area contributed by atoms with E-state index in [9.17, 15) is 0 Å².